The van der Waals surface area contributed by atoms with E-state index in [0.717, 1.165) is 5.56 Å². The largest absolute Gasteiger partial charge is 0.374 e. The Morgan fingerprint density at radius 3 is 2.59 bits per heavy atom. The van der Waals surface area contributed by atoms with E-state index in [0.29, 0.717) is 35.2 Å². The molecule has 1 saturated heterocycles. The quantitative estimate of drug-likeness (QED) is 0.728. The van der Waals surface area contributed by atoms with Gasteiger partial charge >= 0.3 is 0 Å². The minimum atomic E-state index is -0.554. The molecule has 1 aliphatic rings. The van der Waals surface area contributed by atoms with Gasteiger partial charge in [-0.3, -0.25) is 4.79 Å². The summed E-state index contributed by atoms with van der Waals surface area (Å²) in [5, 5.41) is 6.50. The van der Waals surface area contributed by atoms with Crippen LogP contribution < -0.4 is 15.5 Å². The topological polar surface area (TPSA) is 53.6 Å². The smallest absolute Gasteiger partial charge is 0.246 e. The fourth-order valence-electron chi connectivity index (χ4n) is 3.53. The molecule has 7 heteroatoms. The van der Waals surface area contributed by atoms with Gasteiger partial charge in [0.25, 0.3) is 0 Å². The molecule has 3 unspecified atom stereocenters. The predicted octanol–water partition coefficient (Wildman–Crippen LogP) is 4.84. The van der Waals surface area contributed by atoms with Gasteiger partial charge in [0, 0.05) is 29.5 Å². The summed E-state index contributed by atoms with van der Waals surface area (Å²) in [6, 6.07) is 9.76. The summed E-state index contributed by atoms with van der Waals surface area (Å²) in [7, 11) is 0. The zero-order valence-corrected chi connectivity index (χ0v) is 17.9. The van der Waals surface area contributed by atoms with E-state index in [1.807, 2.05) is 25.7 Å². The van der Waals surface area contributed by atoms with E-state index in [9.17, 15) is 9.18 Å². The van der Waals surface area contributed by atoms with Crippen molar-refractivity contribution in [3.63, 3.8) is 0 Å². The number of hydrogen-bond donors (Lipinski definition) is 2. The standard InChI is InChI=1S/C22H27ClFN3O2/c1-13-11-27(12-14(2)29-13)21-9-8-17(10-19(21)24)25-16(4)22(28)26-20-7-5-6-18(23)15(20)3/h5-10,13-14,16,25H,11-12H2,1-4H3,(H,26,28). The second-order valence-corrected chi connectivity index (χ2v) is 8.00. The molecule has 0 aliphatic carbocycles. The van der Waals surface area contributed by atoms with Crippen LogP contribution in [0.25, 0.3) is 0 Å². The fourth-order valence-corrected chi connectivity index (χ4v) is 3.70. The Balaban J connectivity index is 1.66. The summed E-state index contributed by atoms with van der Waals surface area (Å²) in [6.45, 7) is 8.83. The number of halogens is 2. The van der Waals surface area contributed by atoms with Gasteiger partial charge in [-0.1, -0.05) is 17.7 Å². The van der Waals surface area contributed by atoms with Crippen LogP contribution in [0.15, 0.2) is 36.4 Å². The Morgan fingerprint density at radius 1 is 1.24 bits per heavy atom. The van der Waals surface area contributed by atoms with E-state index in [4.69, 9.17) is 16.3 Å². The third-order valence-electron chi connectivity index (χ3n) is 5.01. The van der Waals surface area contributed by atoms with Gasteiger partial charge < -0.3 is 20.3 Å². The van der Waals surface area contributed by atoms with Gasteiger partial charge in [0.15, 0.2) is 0 Å². The van der Waals surface area contributed by atoms with Crippen LogP contribution >= 0.6 is 11.6 Å². The van der Waals surface area contributed by atoms with Crippen LogP contribution in [0.4, 0.5) is 21.5 Å². The van der Waals surface area contributed by atoms with E-state index < -0.39 is 6.04 Å². The second-order valence-electron chi connectivity index (χ2n) is 7.60. The number of nitrogens with zero attached hydrogens (tertiary/aromatic N) is 1. The van der Waals surface area contributed by atoms with Crippen molar-refractivity contribution in [3.8, 4) is 0 Å². The van der Waals surface area contributed by atoms with Crippen molar-refractivity contribution < 1.29 is 13.9 Å². The summed E-state index contributed by atoms with van der Waals surface area (Å²) in [5.74, 6) is -0.551. The maximum Gasteiger partial charge on any atom is 0.246 e. The van der Waals surface area contributed by atoms with E-state index >= 15 is 0 Å². The molecule has 1 aliphatic heterocycles. The van der Waals surface area contributed by atoms with E-state index in [1.165, 1.54) is 6.07 Å². The number of carbonyl (C=O) groups excluding carboxylic acids is 1. The molecule has 156 valence electrons. The van der Waals surface area contributed by atoms with Crippen molar-refractivity contribution in [2.24, 2.45) is 0 Å². The highest BCUT2D eigenvalue weighted by molar-refractivity contribution is 6.31. The molecule has 2 aromatic rings. The van der Waals surface area contributed by atoms with Crippen molar-refractivity contribution in [3.05, 3.63) is 52.8 Å². The van der Waals surface area contributed by atoms with Crippen LogP contribution in [0.1, 0.15) is 26.3 Å². The number of anilines is 3. The molecular weight excluding hydrogens is 393 g/mol. The highest BCUT2D eigenvalue weighted by Crippen LogP contribution is 2.27. The van der Waals surface area contributed by atoms with Crippen molar-refractivity contribution >= 4 is 34.6 Å². The molecule has 0 radical (unpaired) electrons. The minimum absolute atomic E-state index is 0.0506. The molecule has 29 heavy (non-hydrogen) atoms. The van der Waals surface area contributed by atoms with Crippen LogP contribution in [-0.2, 0) is 9.53 Å². The van der Waals surface area contributed by atoms with E-state index in [-0.39, 0.29) is 23.9 Å². The maximum absolute atomic E-state index is 14.7. The second kappa shape index (κ2) is 9.01. The summed E-state index contributed by atoms with van der Waals surface area (Å²) in [4.78, 5) is 14.5. The highest BCUT2D eigenvalue weighted by atomic mass is 35.5. The molecule has 1 amide bonds. The molecule has 2 N–H and O–H groups in total. The van der Waals surface area contributed by atoms with Crippen LogP contribution in [0.3, 0.4) is 0 Å². The molecule has 3 rings (SSSR count). The Labute approximate surface area is 176 Å². The SMILES string of the molecule is Cc1c(Cl)cccc1NC(=O)C(C)Nc1ccc(N2CC(C)OC(C)C2)c(F)c1. The number of nitrogens with one attached hydrogen (secondary N) is 2. The third kappa shape index (κ3) is 5.19. The number of rotatable bonds is 5. The van der Waals surface area contributed by atoms with E-state index in [2.05, 4.69) is 10.6 Å². The number of ether oxygens (including phenoxy) is 1. The van der Waals surface area contributed by atoms with Crippen LogP contribution in [0, 0.1) is 12.7 Å². The van der Waals surface area contributed by atoms with Crippen molar-refractivity contribution in [2.75, 3.05) is 28.6 Å². The number of amides is 1. The first-order valence-corrected chi connectivity index (χ1v) is 10.1. The molecule has 0 spiro atoms. The van der Waals surface area contributed by atoms with Gasteiger partial charge in [-0.2, -0.15) is 0 Å². The normalized spacial score (nSPS) is 20.3. The molecule has 2 aromatic carbocycles. The lowest BCUT2D eigenvalue weighted by atomic mass is 10.1. The minimum Gasteiger partial charge on any atom is -0.374 e. The average Bonchev–Trinajstić information content (AvgIpc) is 2.64. The van der Waals surface area contributed by atoms with Gasteiger partial charge in [-0.05, 0) is 63.6 Å². The zero-order valence-electron chi connectivity index (χ0n) is 17.1. The molecule has 0 saturated carbocycles. The van der Waals surface area contributed by atoms with Gasteiger partial charge in [0.1, 0.15) is 11.9 Å². The molecule has 3 atom stereocenters. The Hall–Kier alpha value is -2.31. The Morgan fingerprint density at radius 2 is 1.93 bits per heavy atom. The van der Waals surface area contributed by atoms with Crippen molar-refractivity contribution in [1.82, 2.24) is 0 Å². The molecule has 5 nitrogen and oxygen atoms in total. The first kappa shape index (κ1) is 21.4. The average molecular weight is 420 g/mol. The first-order chi connectivity index (χ1) is 13.7. The number of benzene rings is 2. The van der Waals surface area contributed by atoms with Crippen LogP contribution in [0.5, 0.6) is 0 Å². The summed E-state index contributed by atoms with van der Waals surface area (Å²) < 4.78 is 20.5. The zero-order chi connectivity index (χ0) is 21.1. The van der Waals surface area contributed by atoms with Crippen LogP contribution in [-0.4, -0.2) is 37.2 Å². The van der Waals surface area contributed by atoms with Crippen LogP contribution in [0.2, 0.25) is 5.02 Å². The van der Waals surface area contributed by atoms with Crippen molar-refractivity contribution in [2.45, 2.75) is 45.9 Å². The number of morpholine rings is 1. The Kier molecular flexibility index (Phi) is 6.65. The highest BCUT2D eigenvalue weighted by Gasteiger charge is 2.24. The third-order valence-corrected chi connectivity index (χ3v) is 5.42. The first-order valence-electron chi connectivity index (χ1n) is 9.77. The monoisotopic (exact) mass is 419 g/mol. The summed E-state index contributed by atoms with van der Waals surface area (Å²) >= 11 is 6.10. The molecular formula is C22H27ClFN3O2. The summed E-state index contributed by atoms with van der Waals surface area (Å²) in [5.41, 5.74) is 2.56. The number of carbonyl (C=O) groups is 1. The predicted molar refractivity (Wildman–Crippen MR) is 117 cm³/mol. The molecule has 1 heterocycles. The van der Waals surface area contributed by atoms with Gasteiger partial charge in [0.2, 0.25) is 5.91 Å². The van der Waals surface area contributed by atoms with Gasteiger partial charge in [0.05, 0.1) is 17.9 Å². The van der Waals surface area contributed by atoms with Gasteiger partial charge in [-0.25, -0.2) is 4.39 Å². The summed E-state index contributed by atoms with van der Waals surface area (Å²) in [6.07, 6.45) is 0.101. The molecule has 0 bridgehead atoms. The van der Waals surface area contributed by atoms with E-state index in [1.54, 1.807) is 37.3 Å². The Bertz CT molecular complexity index is 882. The molecule has 1 fully saturated rings. The van der Waals surface area contributed by atoms with Crippen molar-refractivity contribution in [1.29, 1.82) is 0 Å². The lowest BCUT2D eigenvalue weighted by Gasteiger charge is -2.37. The maximum atomic E-state index is 14.7. The number of hydrogen-bond acceptors (Lipinski definition) is 4. The fraction of sp³-hybridized carbons (Fsp3) is 0.409. The van der Waals surface area contributed by atoms with Gasteiger partial charge in [-0.15, -0.1) is 0 Å². The lowest BCUT2D eigenvalue weighted by Crippen LogP contribution is -2.45. The lowest BCUT2D eigenvalue weighted by molar-refractivity contribution is -0.116. The molecule has 0 aromatic heterocycles.